The molecule has 0 radical (unpaired) electrons. The predicted molar refractivity (Wildman–Crippen MR) is 112 cm³/mol. The highest BCUT2D eigenvalue weighted by Crippen LogP contribution is 2.22. The molecule has 0 aliphatic rings. The van der Waals surface area contributed by atoms with E-state index >= 15 is 0 Å². The van der Waals surface area contributed by atoms with Gasteiger partial charge in [0.05, 0.1) is 5.52 Å². The van der Waals surface area contributed by atoms with E-state index in [2.05, 4.69) is 29.6 Å². The van der Waals surface area contributed by atoms with Gasteiger partial charge in [0.15, 0.2) is 5.65 Å². The lowest BCUT2D eigenvalue weighted by Crippen LogP contribution is -2.38. The largest absolute Gasteiger partial charge is 0.355 e. The Morgan fingerprint density at radius 1 is 1.26 bits per heavy atom. The first-order valence-electron chi connectivity index (χ1n) is 9.25. The summed E-state index contributed by atoms with van der Waals surface area (Å²) in [7, 11) is 0. The lowest BCUT2D eigenvalue weighted by Gasteiger charge is -2.14. The lowest BCUT2D eigenvalue weighted by molar-refractivity contribution is -0.121. The normalized spacial score (nSPS) is 12.1. The zero-order valence-corrected chi connectivity index (χ0v) is 17.2. The van der Waals surface area contributed by atoms with Crippen molar-refractivity contribution in [2.75, 3.05) is 13.1 Å². The molecule has 0 aliphatic heterocycles. The van der Waals surface area contributed by atoms with Crippen molar-refractivity contribution >= 4 is 34.9 Å². The second-order valence-corrected chi connectivity index (χ2v) is 6.78. The number of hydrogen-bond acceptors (Lipinski definition) is 4. The maximum Gasteiger partial charge on any atom is 0.220 e. The molecule has 0 unspecified atom stereocenters. The number of benzene rings is 1. The van der Waals surface area contributed by atoms with Crippen LogP contribution in [0.2, 0.25) is 0 Å². The zero-order chi connectivity index (χ0) is 18.7. The van der Waals surface area contributed by atoms with Gasteiger partial charge in [-0.25, -0.2) is 9.50 Å². The summed E-state index contributed by atoms with van der Waals surface area (Å²) in [5.74, 6) is 0.0688. The molecular formula is C20H28ClN5O. The number of hydrogen-bond donors (Lipinski definition) is 2. The van der Waals surface area contributed by atoms with E-state index in [9.17, 15) is 4.79 Å². The quantitative estimate of drug-likeness (QED) is 0.651. The average molecular weight is 390 g/mol. The van der Waals surface area contributed by atoms with E-state index in [0.717, 1.165) is 40.0 Å². The minimum Gasteiger partial charge on any atom is -0.355 e. The number of likely N-dealkylation sites (N-methyl/N-ethyl adjacent to an activating group) is 1. The van der Waals surface area contributed by atoms with Crippen molar-refractivity contribution in [3.05, 3.63) is 41.2 Å². The smallest absolute Gasteiger partial charge is 0.220 e. The second kappa shape index (κ2) is 9.15. The van der Waals surface area contributed by atoms with Crippen LogP contribution >= 0.6 is 12.4 Å². The highest BCUT2D eigenvalue weighted by molar-refractivity contribution is 5.92. The maximum absolute atomic E-state index is 12.2. The molecule has 2 N–H and O–H groups in total. The van der Waals surface area contributed by atoms with Crippen LogP contribution in [0.5, 0.6) is 0 Å². The van der Waals surface area contributed by atoms with Gasteiger partial charge in [0.25, 0.3) is 0 Å². The summed E-state index contributed by atoms with van der Waals surface area (Å²) < 4.78 is 1.90. The predicted octanol–water partition coefficient (Wildman–Crippen LogP) is 2.97. The summed E-state index contributed by atoms with van der Waals surface area (Å²) in [6, 6.07) is 8.31. The van der Waals surface area contributed by atoms with Crippen molar-refractivity contribution < 1.29 is 4.79 Å². The topological polar surface area (TPSA) is 71.3 Å². The molecule has 0 spiro atoms. The van der Waals surface area contributed by atoms with E-state index in [-0.39, 0.29) is 24.4 Å². The molecule has 1 aromatic carbocycles. The highest BCUT2D eigenvalue weighted by atomic mass is 35.5. The van der Waals surface area contributed by atoms with Crippen LogP contribution in [0.1, 0.15) is 37.2 Å². The Hall–Kier alpha value is -2.18. The third-order valence-electron chi connectivity index (χ3n) is 4.78. The van der Waals surface area contributed by atoms with Crippen molar-refractivity contribution in [3.63, 3.8) is 0 Å². The van der Waals surface area contributed by atoms with E-state index in [1.807, 2.05) is 42.6 Å². The van der Waals surface area contributed by atoms with Gasteiger partial charge in [-0.3, -0.25) is 4.79 Å². The van der Waals surface area contributed by atoms with Crippen LogP contribution in [0.25, 0.3) is 16.6 Å². The first kappa shape index (κ1) is 21.1. The number of nitrogens with zero attached hydrogens (tertiary/aromatic N) is 3. The number of amides is 1. The molecule has 3 rings (SSSR count). The average Bonchev–Trinajstić information content (AvgIpc) is 2.99. The first-order valence-corrected chi connectivity index (χ1v) is 9.25. The van der Waals surface area contributed by atoms with Gasteiger partial charge in [-0.05, 0) is 51.4 Å². The molecule has 0 bridgehead atoms. The number of nitrogens with one attached hydrogen (secondary N) is 2. The van der Waals surface area contributed by atoms with Gasteiger partial charge in [-0.15, -0.1) is 12.4 Å². The number of rotatable bonds is 7. The van der Waals surface area contributed by atoms with Crippen LogP contribution in [-0.2, 0) is 11.2 Å². The minimum atomic E-state index is 0. The van der Waals surface area contributed by atoms with E-state index in [4.69, 9.17) is 4.98 Å². The molecule has 3 aromatic rings. The van der Waals surface area contributed by atoms with Gasteiger partial charge in [0.2, 0.25) is 5.91 Å². The van der Waals surface area contributed by atoms with Gasteiger partial charge in [-0.2, -0.15) is 5.10 Å². The molecule has 1 atom stereocenters. The molecule has 0 aliphatic carbocycles. The fourth-order valence-corrected chi connectivity index (χ4v) is 3.35. The van der Waals surface area contributed by atoms with Crippen LogP contribution in [0, 0.1) is 13.8 Å². The fraction of sp³-hybridized carbons (Fsp3) is 0.450. The van der Waals surface area contributed by atoms with Crippen molar-refractivity contribution in [1.29, 1.82) is 0 Å². The number of fused-ring (bicyclic) bond motifs is 3. The molecule has 146 valence electrons. The number of halogens is 1. The summed E-state index contributed by atoms with van der Waals surface area (Å²) in [6.45, 7) is 9.74. The number of aryl methyl sites for hydroxylation is 2. The zero-order valence-electron chi connectivity index (χ0n) is 16.4. The van der Waals surface area contributed by atoms with Crippen molar-refractivity contribution in [2.24, 2.45) is 0 Å². The van der Waals surface area contributed by atoms with Crippen LogP contribution in [0.15, 0.2) is 24.3 Å². The van der Waals surface area contributed by atoms with Crippen LogP contribution < -0.4 is 10.6 Å². The Labute approximate surface area is 166 Å². The number of carbonyl (C=O) groups is 1. The van der Waals surface area contributed by atoms with E-state index in [1.165, 1.54) is 0 Å². The summed E-state index contributed by atoms with van der Waals surface area (Å²) >= 11 is 0. The van der Waals surface area contributed by atoms with Crippen molar-refractivity contribution in [1.82, 2.24) is 25.2 Å². The van der Waals surface area contributed by atoms with Crippen molar-refractivity contribution in [3.8, 4) is 0 Å². The lowest BCUT2D eigenvalue weighted by atomic mass is 10.1. The molecule has 0 fully saturated rings. The van der Waals surface area contributed by atoms with Gasteiger partial charge < -0.3 is 10.6 Å². The summed E-state index contributed by atoms with van der Waals surface area (Å²) in [5, 5.41) is 12.0. The van der Waals surface area contributed by atoms with E-state index in [1.54, 1.807) is 0 Å². The van der Waals surface area contributed by atoms with Gasteiger partial charge in [0, 0.05) is 35.8 Å². The standard InChI is InChI=1S/C20H27N5O.ClH/c1-5-21-13(2)12-22-19(26)11-10-16-14(3)23-20-17-8-6-7-9-18(17)24-25(20)15(16)4;/h6-9,13,21H,5,10-12H2,1-4H3,(H,22,26);1H/t13-;/m1./s1. The molecule has 0 saturated carbocycles. The third-order valence-corrected chi connectivity index (χ3v) is 4.78. The SMILES string of the molecule is CCN[C@H](C)CNC(=O)CCc1c(C)nc2c3ccccc3nn2c1C.Cl. The van der Waals surface area contributed by atoms with Crippen molar-refractivity contribution in [2.45, 2.75) is 46.6 Å². The highest BCUT2D eigenvalue weighted by Gasteiger charge is 2.15. The number of carbonyl (C=O) groups excluding carboxylic acids is 1. The first-order chi connectivity index (χ1) is 12.5. The van der Waals surface area contributed by atoms with E-state index < -0.39 is 0 Å². The molecule has 1 amide bonds. The van der Waals surface area contributed by atoms with Crippen LogP contribution in [0.4, 0.5) is 0 Å². The second-order valence-electron chi connectivity index (χ2n) is 6.78. The molecule has 2 aromatic heterocycles. The Bertz CT molecular complexity index is 937. The minimum absolute atomic E-state index is 0. The Kier molecular flexibility index (Phi) is 7.16. The van der Waals surface area contributed by atoms with Gasteiger partial charge >= 0.3 is 0 Å². The Morgan fingerprint density at radius 2 is 2.00 bits per heavy atom. The monoisotopic (exact) mass is 389 g/mol. The molecule has 0 saturated heterocycles. The number of aromatic nitrogens is 3. The molecular weight excluding hydrogens is 362 g/mol. The van der Waals surface area contributed by atoms with Gasteiger partial charge in [-0.1, -0.05) is 19.1 Å². The molecule has 2 heterocycles. The van der Waals surface area contributed by atoms with E-state index in [0.29, 0.717) is 19.4 Å². The van der Waals surface area contributed by atoms with Crippen LogP contribution in [-0.4, -0.2) is 39.6 Å². The maximum atomic E-state index is 12.2. The Morgan fingerprint density at radius 3 is 2.74 bits per heavy atom. The molecule has 6 nitrogen and oxygen atoms in total. The van der Waals surface area contributed by atoms with Crippen LogP contribution in [0.3, 0.4) is 0 Å². The molecule has 27 heavy (non-hydrogen) atoms. The third kappa shape index (κ3) is 4.57. The summed E-state index contributed by atoms with van der Waals surface area (Å²) in [6.07, 6.45) is 1.12. The summed E-state index contributed by atoms with van der Waals surface area (Å²) in [5.41, 5.74) is 4.94. The Balaban J connectivity index is 0.00000261. The summed E-state index contributed by atoms with van der Waals surface area (Å²) in [4.78, 5) is 16.9. The fourth-order valence-electron chi connectivity index (χ4n) is 3.35. The van der Waals surface area contributed by atoms with Gasteiger partial charge in [0.1, 0.15) is 0 Å². The molecule has 7 heteroatoms.